The van der Waals surface area contributed by atoms with E-state index in [1.807, 2.05) is 6.92 Å². The normalized spacial score (nSPS) is 14.7. The molecule has 5 N–H and O–H groups in total. The molecule has 3 aromatic rings. The highest BCUT2D eigenvalue weighted by Gasteiger charge is 2.37. The number of nitrogens with zero attached hydrogens (tertiary/aromatic N) is 2. The Labute approximate surface area is 222 Å². The lowest BCUT2D eigenvalue weighted by Gasteiger charge is -2.33. The Morgan fingerprint density at radius 3 is 2.41 bits per heavy atom. The fourth-order valence-corrected chi connectivity index (χ4v) is 5.36. The number of benzene rings is 2. The molecular weight excluding hydrogens is 517 g/mol. The zero-order valence-electron chi connectivity index (χ0n) is 20.2. The van der Waals surface area contributed by atoms with Crippen LogP contribution in [0.3, 0.4) is 0 Å². The molecule has 0 aliphatic heterocycles. The molecule has 1 heterocycles. The number of carbonyl (C=O) groups is 3. The summed E-state index contributed by atoms with van der Waals surface area (Å²) < 4.78 is 17.8. The molecule has 0 radical (unpaired) electrons. The fraction of sp³-hybridized carbons (Fsp3) is 0.308. The topological polar surface area (TPSA) is 131 Å². The molecule has 11 heteroatoms. The highest BCUT2D eigenvalue weighted by Crippen LogP contribution is 2.35. The molecule has 1 fully saturated rings. The molecule has 3 amide bonds. The van der Waals surface area contributed by atoms with Crippen LogP contribution in [0.15, 0.2) is 42.5 Å². The van der Waals surface area contributed by atoms with Gasteiger partial charge in [0.05, 0.1) is 5.69 Å². The van der Waals surface area contributed by atoms with E-state index in [9.17, 15) is 18.8 Å². The van der Waals surface area contributed by atoms with Crippen LogP contribution in [0.1, 0.15) is 69.4 Å². The van der Waals surface area contributed by atoms with E-state index in [-0.39, 0.29) is 22.3 Å². The number of nitrogen functional groups attached to an aromatic ring is 1. The minimum atomic E-state index is -1.19. The van der Waals surface area contributed by atoms with E-state index in [0.29, 0.717) is 27.8 Å². The number of hydrogen-bond donors (Lipinski definition) is 3. The molecule has 1 aliphatic rings. The predicted molar refractivity (Wildman–Crippen MR) is 142 cm³/mol. The standard InChI is InChI=1S/C26H27ClFN5O3S/c1-14-7-12-18(13-19(14)27)33(26(36)23-20(29)21(24(30)34)32-37-23)22(15-8-10-16(28)11-9-15)25(35)31-17-5-3-2-4-6-17/h7-13,17,22H,2-6,29H2,1H3,(H2,30,34)(H,31,35)/t22-/m1/s1. The Morgan fingerprint density at radius 1 is 1.14 bits per heavy atom. The largest absolute Gasteiger partial charge is 0.395 e. The zero-order valence-corrected chi connectivity index (χ0v) is 21.7. The predicted octanol–water partition coefficient (Wildman–Crippen LogP) is 4.76. The second kappa shape index (κ2) is 11.3. The van der Waals surface area contributed by atoms with Gasteiger partial charge >= 0.3 is 0 Å². The molecule has 1 atom stereocenters. The van der Waals surface area contributed by atoms with E-state index >= 15 is 0 Å². The number of primary amides is 1. The second-order valence-corrected chi connectivity index (χ2v) is 10.2. The Hall–Kier alpha value is -3.50. The Bertz CT molecular complexity index is 1320. The SMILES string of the molecule is Cc1ccc(N(C(=O)c2snc(C(N)=O)c2N)[C@@H](C(=O)NC2CCCCC2)c2ccc(F)cc2)cc1Cl. The molecule has 8 nitrogen and oxygen atoms in total. The Kier molecular flexibility index (Phi) is 8.09. The minimum Gasteiger partial charge on any atom is -0.395 e. The van der Waals surface area contributed by atoms with Gasteiger partial charge < -0.3 is 16.8 Å². The molecular formula is C26H27ClFN5O3S. The first-order valence-corrected chi connectivity index (χ1v) is 13.0. The van der Waals surface area contributed by atoms with Crippen molar-refractivity contribution in [1.82, 2.24) is 9.69 Å². The molecule has 37 heavy (non-hydrogen) atoms. The summed E-state index contributed by atoms with van der Waals surface area (Å²) in [6.45, 7) is 1.81. The minimum absolute atomic E-state index is 0.0438. The van der Waals surface area contributed by atoms with E-state index in [0.717, 1.165) is 37.7 Å². The van der Waals surface area contributed by atoms with Gasteiger partial charge in [-0.3, -0.25) is 19.3 Å². The summed E-state index contributed by atoms with van der Waals surface area (Å²) in [5.74, 6) is -2.45. The van der Waals surface area contributed by atoms with Gasteiger partial charge in [-0.15, -0.1) is 0 Å². The third kappa shape index (κ3) is 5.75. The maximum atomic E-state index is 14.0. The summed E-state index contributed by atoms with van der Waals surface area (Å²) in [5, 5.41) is 3.46. The summed E-state index contributed by atoms with van der Waals surface area (Å²) in [4.78, 5) is 40.8. The number of amides is 3. The number of hydrogen-bond acceptors (Lipinski definition) is 6. The van der Waals surface area contributed by atoms with Crippen LogP contribution < -0.4 is 21.7 Å². The number of nitrogens with one attached hydrogen (secondary N) is 1. The van der Waals surface area contributed by atoms with Crippen LogP contribution in [0.2, 0.25) is 5.02 Å². The maximum absolute atomic E-state index is 14.0. The van der Waals surface area contributed by atoms with Crippen molar-refractivity contribution in [1.29, 1.82) is 0 Å². The number of nitrogens with two attached hydrogens (primary N) is 2. The van der Waals surface area contributed by atoms with Crippen molar-refractivity contribution < 1.29 is 18.8 Å². The average Bonchev–Trinajstić information content (AvgIpc) is 3.27. The zero-order chi connectivity index (χ0) is 26.7. The van der Waals surface area contributed by atoms with Gasteiger partial charge in [0, 0.05) is 16.8 Å². The smallest absolute Gasteiger partial charge is 0.273 e. The molecule has 0 saturated heterocycles. The number of rotatable bonds is 7. The van der Waals surface area contributed by atoms with Crippen LogP contribution in [0.25, 0.3) is 0 Å². The lowest BCUT2D eigenvalue weighted by atomic mass is 9.94. The molecule has 1 aromatic heterocycles. The second-order valence-electron chi connectivity index (χ2n) is 9.04. The lowest BCUT2D eigenvalue weighted by Crippen LogP contribution is -2.47. The summed E-state index contributed by atoms with van der Waals surface area (Å²) in [6, 6.07) is 9.11. The van der Waals surface area contributed by atoms with Gasteiger partial charge in [-0.1, -0.05) is 49.1 Å². The van der Waals surface area contributed by atoms with E-state index < -0.39 is 29.6 Å². The summed E-state index contributed by atoms with van der Waals surface area (Å²) in [7, 11) is 0. The van der Waals surface area contributed by atoms with Gasteiger partial charge in [0.25, 0.3) is 11.8 Å². The van der Waals surface area contributed by atoms with Crippen LogP contribution in [-0.4, -0.2) is 28.1 Å². The Morgan fingerprint density at radius 2 is 1.81 bits per heavy atom. The van der Waals surface area contributed by atoms with Gasteiger partial charge in [-0.05, 0) is 66.7 Å². The fourth-order valence-electron chi connectivity index (χ4n) is 4.44. The number of halogens is 2. The number of aromatic nitrogens is 1. The van der Waals surface area contributed by atoms with Crippen molar-refractivity contribution >= 4 is 52.2 Å². The third-order valence-corrected chi connectivity index (χ3v) is 7.71. The molecule has 194 valence electrons. The summed E-state index contributed by atoms with van der Waals surface area (Å²) >= 11 is 7.12. The van der Waals surface area contributed by atoms with Gasteiger partial charge in [0.2, 0.25) is 5.91 Å². The third-order valence-electron chi connectivity index (χ3n) is 6.45. The van der Waals surface area contributed by atoms with Crippen LogP contribution >= 0.6 is 23.1 Å². The maximum Gasteiger partial charge on any atom is 0.273 e. The highest BCUT2D eigenvalue weighted by atomic mass is 35.5. The van der Waals surface area contributed by atoms with E-state index in [1.54, 1.807) is 18.2 Å². The van der Waals surface area contributed by atoms with E-state index in [2.05, 4.69) is 9.69 Å². The van der Waals surface area contributed by atoms with Crippen molar-refractivity contribution in [3.05, 3.63) is 75.0 Å². The average molecular weight is 544 g/mol. The van der Waals surface area contributed by atoms with Crippen molar-refractivity contribution in [3.8, 4) is 0 Å². The van der Waals surface area contributed by atoms with Crippen molar-refractivity contribution in [3.63, 3.8) is 0 Å². The van der Waals surface area contributed by atoms with Crippen LogP contribution in [0.4, 0.5) is 15.8 Å². The first kappa shape index (κ1) is 26.6. The molecule has 1 aliphatic carbocycles. The van der Waals surface area contributed by atoms with Gasteiger partial charge in [0.1, 0.15) is 16.7 Å². The summed E-state index contributed by atoms with van der Waals surface area (Å²) in [5.41, 5.74) is 12.5. The Balaban J connectivity index is 1.86. The van der Waals surface area contributed by atoms with Gasteiger partial charge in [-0.2, -0.15) is 4.37 Å². The molecule has 2 aromatic carbocycles. The van der Waals surface area contributed by atoms with Gasteiger partial charge in [0.15, 0.2) is 5.69 Å². The van der Waals surface area contributed by atoms with Crippen LogP contribution in [0.5, 0.6) is 0 Å². The van der Waals surface area contributed by atoms with E-state index in [1.165, 1.54) is 29.2 Å². The quantitative estimate of drug-likeness (QED) is 0.395. The van der Waals surface area contributed by atoms with Crippen molar-refractivity contribution in [2.75, 3.05) is 10.6 Å². The molecule has 0 unspecified atom stereocenters. The van der Waals surface area contributed by atoms with Crippen molar-refractivity contribution in [2.24, 2.45) is 5.73 Å². The monoisotopic (exact) mass is 543 g/mol. The number of carbonyl (C=O) groups excluding carboxylic acids is 3. The number of aryl methyl sites for hydroxylation is 1. The van der Waals surface area contributed by atoms with Crippen LogP contribution in [-0.2, 0) is 4.79 Å². The molecule has 0 spiro atoms. The van der Waals surface area contributed by atoms with Crippen LogP contribution in [0, 0.1) is 12.7 Å². The first-order chi connectivity index (χ1) is 17.7. The van der Waals surface area contributed by atoms with Gasteiger partial charge in [-0.25, -0.2) is 4.39 Å². The first-order valence-electron chi connectivity index (χ1n) is 11.9. The molecule has 1 saturated carbocycles. The highest BCUT2D eigenvalue weighted by molar-refractivity contribution is 7.09. The molecule has 4 rings (SSSR count). The summed E-state index contributed by atoms with van der Waals surface area (Å²) in [6.07, 6.45) is 4.75. The number of anilines is 2. The molecule has 0 bridgehead atoms. The lowest BCUT2D eigenvalue weighted by molar-refractivity contribution is -0.123. The van der Waals surface area contributed by atoms with Crippen molar-refractivity contribution in [2.45, 2.75) is 51.1 Å². The van der Waals surface area contributed by atoms with E-state index in [4.69, 9.17) is 23.1 Å².